The molecule has 2 aromatic carbocycles. The Kier molecular flexibility index (Phi) is 5.46. The summed E-state index contributed by atoms with van der Waals surface area (Å²) in [5.74, 6) is 2.04. The van der Waals surface area contributed by atoms with Crippen LogP contribution >= 0.6 is 23.4 Å². The van der Waals surface area contributed by atoms with Crippen molar-refractivity contribution >= 4 is 23.4 Å². The first kappa shape index (κ1) is 17.6. The van der Waals surface area contributed by atoms with E-state index in [1.807, 2.05) is 28.8 Å². The van der Waals surface area contributed by atoms with Crippen molar-refractivity contribution < 1.29 is 4.74 Å². The van der Waals surface area contributed by atoms with E-state index in [-0.39, 0.29) is 0 Å². The molecule has 0 saturated carbocycles. The van der Waals surface area contributed by atoms with Crippen LogP contribution in [0.1, 0.15) is 5.56 Å². The summed E-state index contributed by atoms with van der Waals surface area (Å²) in [6, 6.07) is 16.0. The zero-order valence-electron chi connectivity index (χ0n) is 14.1. The molecule has 0 amide bonds. The van der Waals surface area contributed by atoms with Gasteiger partial charge >= 0.3 is 0 Å². The molecule has 0 unspecified atom stereocenters. The number of methoxy groups -OCH3 is 1. The van der Waals surface area contributed by atoms with Crippen LogP contribution in [0, 0.1) is 6.92 Å². The summed E-state index contributed by atoms with van der Waals surface area (Å²) in [7, 11) is 1.65. The molecular formula is C19H18ClN3OS. The number of halogens is 1. The molecule has 1 aromatic heterocycles. The third kappa shape index (κ3) is 3.89. The summed E-state index contributed by atoms with van der Waals surface area (Å²) in [6.07, 6.45) is 0. The monoisotopic (exact) mass is 371 g/mol. The Morgan fingerprint density at radius 1 is 1.16 bits per heavy atom. The molecule has 6 heteroatoms. The molecule has 3 aromatic rings. The molecule has 25 heavy (non-hydrogen) atoms. The van der Waals surface area contributed by atoms with Gasteiger partial charge in [0.25, 0.3) is 0 Å². The molecule has 0 aliphatic rings. The number of rotatable bonds is 6. The summed E-state index contributed by atoms with van der Waals surface area (Å²) in [5.41, 5.74) is 3.06. The number of para-hydroxylation sites is 1. The first-order valence-electron chi connectivity index (χ1n) is 7.72. The van der Waals surface area contributed by atoms with Crippen LogP contribution in [0.25, 0.3) is 17.1 Å². The highest BCUT2D eigenvalue weighted by Gasteiger charge is 2.18. The van der Waals surface area contributed by atoms with Gasteiger partial charge in [-0.25, -0.2) is 0 Å². The fourth-order valence-corrected chi connectivity index (χ4v) is 3.31. The van der Waals surface area contributed by atoms with Crippen molar-refractivity contribution in [3.63, 3.8) is 0 Å². The summed E-state index contributed by atoms with van der Waals surface area (Å²) >= 11 is 7.43. The fourth-order valence-electron chi connectivity index (χ4n) is 2.44. The van der Waals surface area contributed by atoms with Crippen molar-refractivity contribution in [2.45, 2.75) is 12.1 Å². The molecule has 0 atom stereocenters. The van der Waals surface area contributed by atoms with Crippen molar-refractivity contribution in [3.05, 3.63) is 65.7 Å². The van der Waals surface area contributed by atoms with Crippen LogP contribution in [0.15, 0.2) is 65.3 Å². The van der Waals surface area contributed by atoms with Gasteiger partial charge in [0.2, 0.25) is 0 Å². The van der Waals surface area contributed by atoms with Crippen molar-refractivity contribution in [1.29, 1.82) is 0 Å². The van der Waals surface area contributed by atoms with E-state index in [1.54, 1.807) is 7.11 Å². The highest BCUT2D eigenvalue weighted by Crippen LogP contribution is 2.33. The Hall–Kier alpha value is -2.24. The van der Waals surface area contributed by atoms with Gasteiger partial charge in [-0.15, -0.1) is 10.2 Å². The first-order chi connectivity index (χ1) is 12.1. The van der Waals surface area contributed by atoms with E-state index in [9.17, 15) is 0 Å². The molecule has 0 spiro atoms. The van der Waals surface area contributed by atoms with Crippen LogP contribution in [-0.2, 0) is 0 Å². The second-order valence-electron chi connectivity index (χ2n) is 5.48. The van der Waals surface area contributed by atoms with Crippen LogP contribution in [0.3, 0.4) is 0 Å². The number of hydrogen-bond acceptors (Lipinski definition) is 4. The average molecular weight is 372 g/mol. The normalized spacial score (nSPS) is 10.7. The van der Waals surface area contributed by atoms with Crippen LogP contribution in [0.2, 0.25) is 0 Å². The van der Waals surface area contributed by atoms with Crippen LogP contribution < -0.4 is 4.74 Å². The maximum Gasteiger partial charge on any atom is 0.196 e. The van der Waals surface area contributed by atoms with Crippen LogP contribution in [0.4, 0.5) is 0 Å². The highest BCUT2D eigenvalue weighted by molar-refractivity contribution is 7.99. The maximum absolute atomic E-state index is 5.93. The average Bonchev–Trinajstić information content (AvgIpc) is 3.04. The van der Waals surface area contributed by atoms with E-state index in [0.29, 0.717) is 10.8 Å². The second-order valence-corrected chi connectivity index (χ2v) is 6.96. The van der Waals surface area contributed by atoms with Gasteiger partial charge in [0, 0.05) is 16.5 Å². The Balaban J connectivity index is 2.15. The summed E-state index contributed by atoms with van der Waals surface area (Å²) in [6.45, 7) is 5.80. The molecule has 128 valence electrons. The van der Waals surface area contributed by atoms with Gasteiger partial charge in [-0.1, -0.05) is 59.8 Å². The molecule has 0 N–H and O–H groups in total. The second kappa shape index (κ2) is 7.76. The maximum atomic E-state index is 5.93. The predicted molar refractivity (Wildman–Crippen MR) is 104 cm³/mol. The van der Waals surface area contributed by atoms with E-state index < -0.39 is 0 Å². The minimum atomic E-state index is 0.567. The molecule has 4 nitrogen and oxygen atoms in total. The van der Waals surface area contributed by atoms with E-state index in [4.69, 9.17) is 16.3 Å². The van der Waals surface area contributed by atoms with Gasteiger partial charge in [0.15, 0.2) is 11.0 Å². The largest absolute Gasteiger partial charge is 0.496 e. The van der Waals surface area contributed by atoms with Crippen LogP contribution in [-0.4, -0.2) is 27.6 Å². The summed E-state index contributed by atoms with van der Waals surface area (Å²) in [5, 5.41) is 10.1. The molecule has 0 aliphatic carbocycles. The minimum Gasteiger partial charge on any atom is -0.496 e. The Labute approximate surface area is 156 Å². The SMILES string of the molecule is C=C(Cl)CSc1nnc(-c2ccccc2OC)n1-c1ccc(C)cc1. The van der Waals surface area contributed by atoms with Gasteiger partial charge in [-0.2, -0.15) is 0 Å². The fraction of sp³-hybridized carbons (Fsp3) is 0.158. The van der Waals surface area contributed by atoms with Crippen LogP contribution in [0.5, 0.6) is 5.75 Å². The number of thioether (sulfide) groups is 1. The molecule has 3 rings (SSSR count). The molecule has 0 aliphatic heterocycles. The Morgan fingerprint density at radius 3 is 2.56 bits per heavy atom. The lowest BCUT2D eigenvalue weighted by atomic mass is 10.1. The predicted octanol–water partition coefficient (Wildman–Crippen LogP) is 5.10. The third-order valence-corrected chi connectivity index (χ3v) is 4.94. The van der Waals surface area contributed by atoms with E-state index in [2.05, 4.69) is 48.0 Å². The van der Waals surface area contributed by atoms with E-state index in [1.165, 1.54) is 17.3 Å². The number of ether oxygens (including phenoxy) is 1. The molecule has 0 saturated heterocycles. The van der Waals surface area contributed by atoms with Gasteiger partial charge in [-0.05, 0) is 31.2 Å². The van der Waals surface area contributed by atoms with Gasteiger partial charge in [0.05, 0.1) is 12.7 Å². The zero-order valence-corrected chi connectivity index (χ0v) is 15.6. The molecule has 1 heterocycles. The molecule has 0 radical (unpaired) electrons. The number of aryl methyl sites for hydroxylation is 1. The molecule has 0 bridgehead atoms. The number of hydrogen-bond donors (Lipinski definition) is 0. The van der Waals surface area contributed by atoms with Crippen molar-refractivity contribution in [3.8, 4) is 22.8 Å². The topological polar surface area (TPSA) is 39.9 Å². The Morgan fingerprint density at radius 2 is 1.88 bits per heavy atom. The lowest BCUT2D eigenvalue weighted by Gasteiger charge is -2.12. The third-order valence-electron chi connectivity index (χ3n) is 3.63. The number of nitrogens with zero attached hydrogens (tertiary/aromatic N) is 3. The quantitative estimate of drug-likeness (QED) is 0.565. The van der Waals surface area contributed by atoms with Gasteiger partial charge in [0.1, 0.15) is 5.75 Å². The van der Waals surface area contributed by atoms with Crippen molar-refractivity contribution in [1.82, 2.24) is 14.8 Å². The van der Waals surface area contributed by atoms with Crippen molar-refractivity contribution in [2.75, 3.05) is 12.9 Å². The Bertz CT molecular complexity index is 890. The van der Waals surface area contributed by atoms with Gasteiger partial charge < -0.3 is 4.74 Å². The summed E-state index contributed by atoms with van der Waals surface area (Å²) < 4.78 is 7.51. The highest BCUT2D eigenvalue weighted by atomic mass is 35.5. The number of aromatic nitrogens is 3. The lowest BCUT2D eigenvalue weighted by molar-refractivity contribution is 0.416. The zero-order chi connectivity index (χ0) is 17.8. The molecule has 0 fully saturated rings. The number of benzene rings is 2. The standard InChI is InChI=1S/C19H18ClN3OS/c1-13-8-10-15(11-9-13)23-18(16-6-4-5-7-17(16)24-3)21-22-19(23)25-12-14(2)20/h4-11H,2,12H2,1,3H3. The molecular weight excluding hydrogens is 354 g/mol. The summed E-state index contributed by atoms with van der Waals surface area (Å²) in [4.78, 5) is 0. The smallest absolute Gasteiger partial charge is 0.196 e. The van der Waals surface area contributed by atoms with Crippen molar-refractivity contribution in [2.24, 2.45) is 0 Å². The first-order valence-corrected chi connectivity index (χ1v) is 9.08. The lowest BCUT2D eigenvalue weighted by Crippen LogP contribution is -2.01. The van der Waals surface area contributed by atoms with E-state index >= 15 is 0 Å². The minimum absolute atomic E-state index is 0.567. The van der Waals surface area contributed by atoms with E-state index in [0.717, 1.165) is 28.0 Å². The van der Waals surface area contributed by atoms with Gasteiger partial charge in [-0.3, -0.25) is 4.57 Å².